The average Bonchev–Trinajstić information content (AvgIpc) is 2.30. The smallest absolute Gasteiger partial charge is 0.355 e. The first-order valence-electron chi connectivity index (χ1n) is 5.29. The van der Waals surface area contributed by atoms with E-state index in [0.717, 1.165) is 12.1 Å². The zero-order valence-corrected chi connectivity index (χ0v) is 12.1. The molecule has 94 valence electrons. The Balaban J connectivity index is 3.28. The van der Waals surface area contributed by atoms with E-state index in [2.05, 4.69) is 0 Å². The van der Waals surface area contributed by atoms with Crippen molar-refractivity contribution in [2.24, 2.45) is 0 Å². The van der Waals surface area contributed by atoms with Crippen molar-refractivity contribution in [3.05, 3.63) is 36.0 Å². The van der Waals surface area contributed by atoms with Gasteiger partial charge in [0.2, 0.25) is 0 Å². The topological polar surface area (TPSA) is 33.3 Å². The summed E-state index contributed by atoms with van der Waals surface area (Å²) in [4.78, 5) is 0. The van der Waals surface area contributed by atoms with Gasteiger partial charge in [-0.2, -0.15) is 4.57 Å². The highest BCUT2D eigenvalue weighted by atomic mass is 35.9. The van der Waals surface area contributed by atoms with Gasteiger partial charge in [-0.25, -0.2) is 0 Å². The Hall–Kier alpha value is -0.500. The molecule has 0 bridgehead atoms. The van der Waals surface area contributed by atoms with Gasteiger partial charge < -0.3 is 9.84 Å². The van der Waals surface area contributed by atoms with Crippen molar-refractivity contribution in [1.29, 1.82) is 0 Å². The lowest BCUT2D eigenvalue weighted by atomic mass is 10.3. The maximum absolute atomic E-state index is 9.84. The van der Waals surface area contributed by atoms with E-state index in [0.29, 0.717) is 12.0 Å². The minimum absolute atomic E-state index is 0.213. The van der Waals surface area contributed by atoms with Crippen LogP contribution in [0.2, 0.25) is 0 Å². The summed E-state index contributed by atoms with van der Waals surface area (Å²) in [5.74, 6) is -0.213. The van der Waals surface area contributed by atoms with E-state index in [-0.39, 0.29) is 5.95 Å². The number of hydrogen-bond donors (Lipinski definition) is 1. The fourth-order valence-electron chi connectivity index (χ4n) is 1.43. The van der Waals surface area contributed by atoms with Crippen LogP contribution in [0.4, 0.5) is 0 Å². The largest absolute Gasteiger partial charge is 0.476 e. The summed E-state index contributed by atoms with van der Waals surface area (Å²) in [7, 11) is 0. The van der Waals surface area contributed by atoms with Crippen molar-refractivity contribution in [1.82, 2.24) is 0 Å². The van der Waals surface area contributed by atoms with E-state index in [1.165, 1.54) is 0 Å². The Morgan fingerprint density at radius 1 is 1.41 bits per heavy atom. The van der Waals surface area contributed by atoms with Gasteiger partial charge in [0.15, 0.2) is 18.5 Å². The van der Waals surface area contributed by atoms with E-state index in [1.807, 2.05) is 31.3 Å². The van der Waals surface area contributed by atoms with Crippen LogP contribution in [0.3, 0.4) is 0 Å². The lowest BCUT2D eigenvalue weighted by Crippen LogP contribution is -2.36. The molecule has 0 aromatic carbocycles. The average molecular weight is 295 g/mol. The Kier molecular flexibility index (Phi) is 6.04. The van der Waals surface area contributed by atoms with Gasteiger partial charge in [0.05, 0.1) is 6.61 Å². The Morgan fingerprint density at radius 2 is 2.12 bits per heavy atom. The second-order valence-corrected chi connectivity index (χ2v) is 6.65. The number of hydrogen-bond acceptors (Lipinski definition) is 2. The number of aliphatic hydroxyl groups excluding tert-OH is 1. The molecule has 0 atom stereocenters. The van der Waals surface area contributed by atoms with Crippen LogP contribution in [0.25, 0.3) is 5.44 Å². The van der Waals surface area contributed by atoms with Crippen molar-refractivity contribution in [3.63, 3.8) is 0 Å². The lowest BCUT2D eigenvalue weighted by Gasteiger charge is -2.08. The van der Waals surface area contributed by atoms with Crippen molar-refractivity contribution < 1.29 is 14.4 Å². The molecule has 0 unspecified atom stereocenters. The molecule has 1 aromatic rings. The van der Waals surface area contributed by atoms with Crippen LogP contribution in [0.5, 0.6) is 0 Å². The van der Waals surface area contributed by atoms with Crippen LogP contribution >= 0.6 is 29.1 Å². The number of aliphatic hydroxyl groups is 1. The fraction of sp³-hybridized carbons (Fsp3) is 0.364. The molecule has 0 radical (unpaired) electrons. The fourth-order valence-corrected chi connectivity index (χ4v) is 2.92. The summed E-state index contributed by atoms with van der Waals surface area (Å²) >= 11 is 11.9. The predicted molar refractivity (Wildman–Crippen MR) is 72.1 cm³/mol. The Morgan fingerprint density at radius 3 is 2.65 bits per heavy atom. The molecule has 1 aromatic heterocycles. The predicted octanol–water partition coefficient (Wildman–Crippen LogP) is 4.00. The van der Waals surface area contributed by atoms with E-state index >= 15 is 0 Å². The molecule has 0 spiro atoms. The van der Waals surface area contributed by atoms with Crippen LogP contribution in [0, 0.1) is 0 Å². The second kappa shape index (κ2) is 7.05. The molecular formula is C11H15Cl2NO2P+. The highest BCUT2D eigenvalue weighted by Crippen LogP contribution is 2.55. The van der Waals surface area contributed by atoms with Crippen molar-refractivity contribution in [3.8, 4) is 0 Å². The standard InChI is InChI=1S/C11H14Cl2NO2P/c1-3-9-7-5-6-8-14(9)10(17(12)13)11(15)16-4-2/h5-8H,3-4H2,1-2H3/p+1/b11-10+. The maximum atomic E-state index is 9.84. The summed E-state index contributed by atoms with van der Waals surface area (Å²) in [6.07, 6.45) is 2.62. The van der Waals surface area contributed by atoms with Crippen molar-refractivity contribution in [2.45, 2.75) is 20.3 Å². The molecular weight excluding hydrogens is 280 g/mol. The first kappa shape index (κ1) is 14.6. The SMILES string of the molecule is CCO/C(O)=C(\[n+]1ccccc1CC)P(Cl)Cl. The number of aryl methyl sites for hydroxylation is 1. The second-order valence-electron chi connectivity index (χ2n) is 3.21. The number of pyridine rings is 1. The monoisotopic (exact) mass is 294 g/mol. The molecule has 0 fully saturated rings. The Bertz CT molecular complexity index is 410. The van der Waals surface area contributed by atoms with Gasteiger partial charge >= 0.3 is 11.4 Å². The van der Waals surface area contributed by atoms with Crippen molar-refractivity contribution >= 4 is 34.5 Å². The molecule has 0 saturated carbocycles. The van der Waals surface area contributed by atoms with Crippen LogP contribution in [-0.4, -0.2) is 11.7 Å². The van der Waals surface area contributed by atoms with E-state index < -0.39 is 6.63 Å². The molecule has 0 saturated heterocycles. The zero-order valence-electron chi connectivity index (χ0n) is 9.73. The third-order valence-corrected chi connectivity index (χ3v) is 3.85. The summed E-state index contributed by atoms with van der Waals surface area (Å²) in [5.41, 5.74) is 1.41. The van der Waals surface area contributed by atoms with E-state index in [4.69, 9.17) is 27.2 Å². The summed E-state index contributed by atoms with van der Waals surface area (Å²) < 4.78 is 6.86. The molecule has 17 heavy (non-hydrogen) atoms. The molecule has 0 amide bonds. The third kappa shape index (κ3) is 3.74. The molecule has 6 heteroatoms. The minimum atomic E-state index is -1.50. The first-order chi connectivity index (χ1) is 8.11. The number of rotatable bonds is 5. The van der Waals surface area contributed by atoms with Crippen LogP contribution < -0.4 is 4.57 Å². The highest BCUT2D eigenvalue weighted by Gasteiger charge is 2.28. The van der Waals surface area contributed by atoms with E-state index in [9.17, 15) is 5.11 Å². The normalized spacial score (nSPS) is 12.5. The maximum Gasteiger partial charge on any atom is 0.355 e. The molecule has 0 aliphatic heterocycles. The van der Waals surface area contributed by atoms with Gasteiger partial charge in [-0.15, -0.1) is 0 Å². The van der Waals surface area contributed by atoms with Gasteiger partial charge in [0, 0.05) is 18.6 Å². The quantitative estimate of drug-likeness (QED) is 0.506. The summed E-state index contributed by atoms with van der Waals surface area (Å²) in [6.45, 7) is 2.67. The third-order valence-electron chi connectivity index (χ3n) is 2.17. The summed E-state index contributed by atoms with van der Waals surface area (Å²) in [5, 5.41) is 9.84. The van der Waals surface area contributed by atoms with Gasteiger partial charge in [-0.3, -0.25) is 0 Å². The lowest BCUT2D eigenvalue weighted by molar-refractivity contribution is -0.585. The molecule has 1 rings (SSSR count). The zero-order chi connectivity index (χ0) is 12.8. The van der Waals surface area contributed by atoms with Gasteiger partial charge in [0.25, 0.3) is 0 Å². The molecule has 1 heterocycles. The van der Waals surface area contributed by atoms with Crippen molar-refractivity contribution in [2.75, 3.05) is 6.61 Å². The number of nitrogens with zero attached hydrogens (tertiary/aromatic N) is 1. The molecule has 1 N–H and O–H groups in total. The number of aromatic nitrogens is 1. The molecule has 3 nitrogen and oxygen atoms in total. The van der Waals surface area contributed by atoms with Gasteiger partial charge in [0.1, 0.15) is 0 Å². The summed E-state index contributed by atoms with van der Waals surface area (Å²) in [6, 6.07) is 5.73. The molecule has 0 aliphatic rings. The van der Waals surface area contributed by atoms with Crippen LogP contribution in [-0.2, 0) is 11.2 Å². The highest BCUT2D eigenvalue weighted by molar-refractivity contribution is 8.10. The first-order valence-corrected chi connectivity index (χ1v) is 8.44. The van der Waals surface area contributed by atoms with Crippen LogP contribution in [0.15, 0.2) is 30.3 Å². The molecule has 0 aliphatic carbocycles. The van der Waals surface area contributed by atoms with E-state index in [1.54, 1.807) is 11.5 Å². The number of ether oxygens (including phenoxy) is 1. The number of halogens is 2. The Labute approximate surface area is 112 Å². The van der Waals surface area contributed by atoms with Gasteiger partial charge in [-0.1, -0.05) is 35.5 Å². The minimum Gasteiger partial charge on any atom is -0.476 e. The van der Waals surface area contributed by atoms with Gasteiger partial charge in [-0.05, 0) is 6.92 Å². The van der Waals surface area contributed by atoms with Crippen LogP contribution in [0.1, 0.15) is 19.5 Å².